The molecule has 1 aromatic carbocycles. The zero-order valence-corrected chi connectivity index (χ0v) is 30.1. The van der Waals surface area contributed by atoms with E-state index in [1.807, 2.05) is 36.9 Å². The van der Waals surface area contributed by atoms with Gasteiger partial charge in [-0.1, -0.05) is 0 Å². The van der Waals surface area contributed by atoms with Crippen molar-refractivity contribution in [1.29, 1.82) is 0 Å². The van der Waals surface area contributed by atoms with Gasteiger partial charge in [0.05, 0.1) is 17.3 Å². The molecule has 4 saturated carbocycles. The number of fused-ring (bicyclic) bond motifs is 1. The Bertz CT molecular complexity index is 2080. The van der Waals surface area contributed by atoms with Crippen molar-refractivity contribution in [2.45, 2.75) is 77.9 Å². The normalized spacial score (nSPS) is 27.5. The number of amides is 2. The van der Waals surface area contributed by atoms with Crippen molar-refractivity contribution < 1.29 is 9.59 Å². The van der Waals surface area contributed by atoms with Crippen molar-refractivity contribution in [2.75, 3.05) is 37.6 Å². The number of H-pyrrole nitrogens is 1. The van der Waals surface area contributed by atoms with Crippen molar-refractivity contribution in [3.05, 3.63) is 75.5 Å². The predicted molar refractivity (Wildman–Crippen MR) is 197 cm³/mol. The second-order valence-electron chi connectivity index (χ2n) is 16.3. The Morgan fingerprint density at radius 2 is 1.75 bits per heavy atom. The second kappa shape index (κ2) is 11.8. The van der Waals surface area contributed by atoms with Crippen LogP contribution >= 0.6 is 0 Å². The number of hydrogen-bond acceptors (Lipinski definition) is 7. The summed E-state index contributed by atoms with van der Waals surface area (Å²) in [6, 6.07) is 10.1. The van der Waals surface area contributed by atoms with Crippen LogP contribution in [0, 0.1) is 37.0 Å². The predicted octanol–water partition coefficient (Wildman–Crippen LogP) is 4.73. The average molecular weight is 689 g/mol. The molecule has 2 unspecified atom stereocenters. The molecule has 2 amide bonds. The van der Waals surface area contributed by atoms with Gasteiger partial charge in [0, 0.05) is 91.1 Å². The van der Waals surface area contributed by atoms with Gasteiger partial charge in [-0.05, 0) is 113 Å². The van der Waals surface area contributed by atoms with E-state index in [1.54, 1.807) is 6.20 Å². The SMILES string of the molecule is Cc1cc(C)c(CNC(=O)c2cc(-c3ccc(N4CCN(CCC(=O)NC56CC7CC8CC(C5)C876)CC4)nc3)cc3c2cnn3C(C)C)c(=O)[nH]1. The quantitative estimate of drug-likeness (QED) is 0.220. The molecule has 0 bridgehead atoms. The first-order chi connectivity index (χ1) is 24.6. The zero-order valence-electron chi connectivity index (χ0n) is 30.1. The minimum absolute atomic E-state index is 0.105. The topological polar surface area (TPSA) is 128 Å². The van der Waals surface area contributed by atoms with Gasteiger partial charge in [0.2, 0.25) is 5.91 Å². The van der Waals surface area contributed by atoms with Gasteiger partial charge >= 0.3 is 0 Å². The zero-order chi connectivity index (χ0) is 35.2. The summed E-state index contributed by atoms with van der Waals surface area (Å²) in [5.41, 5.74) is 5.84. The van der Waals surface area contributed by atoms with Gasteiger partial charge in [-0.3, -0.25) is 24.0 Å². The van der Waals surface area contributed by atoms with E-state index in [0.717, 1.165) is 89.6 Å². The van der Waals surface area contributed by atoms with Gasteiger partial charge in [0.1, 0.15) is 5.82 Å². The Morgan fingerprint density at radius 1 is 0.980 bits per heavy atom. The molecule has 11 nitrogen and oxygen atoms in total. The third-order valence-corrected chi connectivity index (χ3v) is 13.4. The number of benzene rings is 1. The Hall–Kier alpha value is -4.51. The van der Waals surface area contributed by atoms with E-state index in [1.165, 1.54) is 25.7 Å². The smallest absolute Gasteiger partial charge is 0.253 e. The molecular weight excluding hydrogens is 640 g/mol. The van der Waals surface area contributed by atoms with Gasteiger partial charge < -0.3 is 20.5 Å². The van der Waals surface area contributed by atoms with Crippen LogP contribution in [0.4, 0.5) is 5.82 Å². The molecule has 2 atom stereocenters. The third kappa shape index (κ3) is 4.90. The number of anilines is 1. The van der Waals surface area contributed by atoms with Crippen LogP contribution in [0.1, 0.15) is 79.2 Å². The van der Waals surface area contributed by atoms with E-state index >= 15 is 0 Å². The van der Waals surface area contributed by atoms with Crippen LogP contribution in [-0.4, -0.2) is 74.7 Å². The molecule has 0 radical (unpaired) electrons. The van der Waals surface area contributed by atoms with Crippen LogP contribution in [0.5, 0.6) is 0 Å². The van der Waals surface area contributed by atoms with Crippen LogP contribution in [0.2, 0.25) is 0 Å². The molecule has 1 saturated heterocycles. The number of aryl methyl sites for hydroxylation is 2. The summed E-state index contributed by atoms with van der Waals surface area (Å²) in [6.45, 7) is 12.3. The van der Waals surface area contributed by atoms with E-state index in [9.17, 15) is 14.4 Å². The molecule has 3 aromatic heterocycles. The van der Waals surface area contributed by atoms with Gasteiger partial charge in [0.25, 0.3) is 11.5 Å². The number of nitrogens with one attached hydrogen (secondary N) is 3. The van der Waals surface area contributed by atoms with Crippen molar-refractivity contribution in [3.63, 3.8) is 0 Å². The van der Waals surface area contributed by atoms with E-state index in [2.05, 4.69) is 62.6 Å². The number of carbonyl (C=O) groups excluding carboxylic acids is 2. The number of pyridine rings is 2. The fourth-order valence-corrected chi connectivity index (χ4v) is 11.0. The van der Waals surface area contributed by atoms with Gasteiger partial charge in [-0.25, -0.2) is 4.98 Å². The highest BCUT2D eigenvalue weighted by molar-refractivity contribution is 6.08. The largest absolute Gasteiger partial charge is 0.354 e. The highest BCUT2D eigenvalue weighted by atomic mass is 16.2. The fourth-order valence-electron chi connectivity index (χ4n) is 11.0. The first kappa shape index (κ1) is 32.4. The molecule has 4 aliphatic carbocycles. The molecule has 5 fully saturated rings. The average Bonchev–Trinajstić information content (AvgIpc) is 3.51. The second-order valence-corrected chi connectivity index (χ2v) is 16.3. The Kier molecular flexibility index (Phi) is 7.47. The molecule has 3 N–H and O–H groups in total. The van der Waals surface area contributed by atoms with E-state index in [4.69, 9.17) is 4.98 Å². The molecule has 9 rings (SSSR count). The molecular formula is C40H48N8O3. The summed E-state index contributed by atoms with van der Waals surface area (Å²) in [4.78, 5) is 51.7. The lowest BCUT2D eigenvalue weighted by Gasteiger charge is -2.91. The minimum atomic E-state index is -0.261. The third-order valence-electron chi connectivity index (χ3n) is 13.4. The van der Waals surface area contributed by atoms with Crippen LogP contribution in [0.25, 0.3) is 22.0 Å². The summed E-state index contributed by atoms with van der Waals surface area (Å²) < 4.78 is 1.93. The molecule has 1 spiro atoms. The number of aromatic amines is 1. The Labute approximate surface area is 298 Å². The summed E-state index contributed by atoms with van der Waals surface area (Å²) in [5.74, 6) is 3.62. The Morgan fingerprint density at radius 3 is 2.39 bits per heavy atom. The monoisotopic (exact) mass is 688 g/mol. The molecule has 5 aliphatic rings. The van der Waals surface area contributed by atoms with Gasteiger partial charge in [-0.2, -0.15) is 5.10 Å². The lowest BCUT2D eigenvalue weighted by molar-refractivity contribution is -0.394. The summed E-state index contributed by atoms with van der Waals surface area (Å²) in [7, 11) is 0. The van der Waals surface area contributed by atoms with Crippen LogP contribution in [0.15, 0.2) is 47.5 Å². The van der Waals surface area contributed by atoms with Crippen molar-refractivity contribution in [3.8, 4) is 11.1 Å². The first-order valence-corrected chi connectivity index (χ1v) is 18.8. The maximum atomic E-state index is 13.7. The minimum Gasteiger partial charge on any atom is -0.354 e. The standard InChI is InChI=1S/C40H48N8O3/c1-23(2)48-34-15-27(14-31(33(34)22-43-48)37(50)42-21-32-24(3)13-25(4)44-38(32)51)26-5-6-35(41-20-26)47-11-9-46(10-12-47)8-7-36(49)45-39-18-29-16-28-17-30(19-39)40(28,29)39/h5-6,13-15,20,22-23,28-30H,7-12,16-19,21H2,1-4H3,(H,42,50)(H,44,51)(H,45,49). The highest BCUT2D eigenvalue weighted by Crippen LogP contribution is 2.89. The number of aromatic nitrogens is 4. The molecule has 1 aliphatic heterocycles. The van der Waals surface area contributed by atoms with E-state index in [-0.39, 0.29) is 35.5 Å². The van der Waals surface area contributed by atoms with E-state index in [0.29, 0.717) is 23.0 Å². The molecule has 4 aromatic rings. The van der Waals surface area contributed by atoms with Crippen LogP contribution < -0.4 is 21.1 Å². The number of rotatable bonds is 10. The summed E-state index contributed by atoms with van der Waals surface area (Å²) >= 11 is 0. The number of nitrogens with zero attached hydrogens (tertiary/aromatic N) is 5. The van der Waals surface area contributed by atoms with Crippen molar-refractivity contribution in [2.24, 2.45) is 23.2 Å². The van der Waals surface area contributed by atoms with Crippen LogP contribution in [0.3, 0.4) is 0 Å². The first-order valence-electron chi connectivity index (χ1n) is 18.8. The van der Waals surface area contributed by atoms with Crippen molar-refractivity contribution in [1.82, 2.24) is 35.3 Å². The molecule has 4 heterocycles. The maximum Gasteiger partial charge on any atom is 0.253 e. The number of hydrogen-bond donors (Lipinski definition) is 3. The number of carbonyl (C=O) groups is 2. The maximum absolute atomic E-state index is 13.7. The van der Waals surface area contributed by atoms with Crippen LogP contribution in [-0.2, 0) is 11.3 Å². The molecule has 266 valence electrons. The molecule has 11 heteroatoms. The van der Waals surface area contributed by atoms with E-state index < -0.39 is 0 Å². The van der Waals surface area contributed by atoms with Crippen molar-refractivity contribution >= 4 is 28.5 Å². The number of piperazine rings is 1. The van der Waals surface area contributed by atoms with Gasteiger partial charge in [-0.15, -0.1) is 0 Å². The lowest BCUT2D eigenvalue weighted by atomic mass is 9.15. The lowest BCUT2D eigenvalue weighted by Crippen LogP contribution is -2.92. The molecule has 51 heavy (non-hydrogen) atoms. The van der Waals surface area contributed by atoms with Gasteiger partial charge in [0.15, 0.2) is 0 Å². The highest BCUT2D eigenvalue weighted by Gasteiger charge is 2.88. The summed E-state index contributed by atoms with van der Waals surface area (Å²) in [6.07, 6.45) is 9.47. The Balaban J connectivity index is 0.844. The summed E-state index contributed by atoms with van der Waals surface area (Å²) in [5, 5.41) is 11.9. The fraction of sp³-hybridized carbons (Fsp3) is 0.525.